The molecule has 1 heterocycles. The fourth-order valence-electron chi connectivity index (χ4n) is 2.04. The molecule has 0 fully saturated rings. The zero-order valence-electron chi connectivity index (χ0n) is 10.1. The summed E-state index contributed by atoms with van der Waals surface area (Å²) in [5.41, 5.74) is 1.01. The molecule has 2 aromatic carbocycles. The molecule has 0 saturated heterocycles. The fraction of sp³-hybridized carbons (Fsp3) is 0. The first-order valence-electron chi connectivity index (χ1n) is 5.79. The van der Waals surface area contributed by atoms with Crippen LogP contribution in [0, 0.1) is 3.57 Å². The minimum absolute atomic E-state index is 0.0960. The molecular weight excluding hydrogens is 371 g/mol. The molecular formula is C15H9IO4. The Morgan fingerprint density at radius 1 is 1.05 bits per heavy atom. The van der Waals surface area contributed by atoms with E-state index in [1.807, 2.05) is 22.6 Å². The van der Waals surface area contributed by atoms with Gasteiger partial charge in [-0.25, -0.2) is 0 Å². The second-order valence-electron chi connectivity index (χ2n) is 4.32. The number of hydrogen-bond acceptors (Lipinski definition) is 4. The summed E-state index contributed by atoms with van der Waals surface area (Å²) in [6, 6.07) is 9.44. The fourth-order valence-corrected chi connectivity index (χ4v) is 2.62. The Balaban J connectivity index is 2.31. The third-order valence-corrected chi connectivity index (χ3v) is 3.62. The van der Waals surface area contributed by atoms with Crippen LogP contribution in [0.4, 0.5) is 0 Å². The van der Waals surface area contributed by atoms with Crippen molar-refractivity contribution in [1.29, 1.82) is 0 Å². The SMILES string of the molecule is O=c1c(-c2ccc(O)cc2)coc2cc(I)cc(O)c12. The molecule has 0 atom stereocenters. The lowest BCUT2D eigenvalue weighted by molar-refractivity contribution is 0.475. The predicted octanol–water partition coefficient (Wildman–Crippen LogP) is 3.48. The van der Waals surface area contributed by atoms with Crippen molar-refractivity contribution >= 4 is 33.6 Å². The Morgan fingerprint density at radius 2 is 1.75 bits per heavy atom. The van der Waals surface area contributed by atoms with Crippen LogP contribution in [0.15, 0.2) is 51.9 Å². The van der Waals surface area contributed by atoms with Crippen LogP contribution in [0.1, 0.15) is 0 Å². The molecule has 0 aliphatic rings. The van der Waals surface area contributed by atoms with E-state index in [9.17, 15) is 15.0 Å². The van der Waals surface area contributed by atoms with Gasteiger partial charge in [0.05, 0.1) is 5.56 Å². The monoisotopic (exact) mass is 380 g/mol. The zero-order chi connectivity index (χ0) is 14.3. The van der Waals surface area contributed by atoms with Gasteiger partial charge in [-0.1, -0.05) is 12.1 Å². The van der Waals surface area contributed by atoms with Crippen molar-refractivity contribution in [3.63, 3.8) is 0 Å². The highest BCUT2D eigenvalue weighted by atomic mass is 127. The van der Waals surface area contributed by atoms with Crippen LogP contribution in [0.5, 0.6) is 11.5 Å². The number of benzene rings is 2. The Labute approximate surface area is 127 Å². The van der Waals surface area contributed by atoms with E-state index in [4.69, 9.17) is 4.42 Å². The number of phenolic OH excluding ortho intramolecular Hbond substituents is 2. The van der Waals surface area contributed by atoms with Gasteiger partial charge in [0, 0.05) is 3.57 Å². The van der Waals surface area contributed by atoms with E-state index in [1.54, 1.807) is 18.2 Å². The lowest BCUT2D eigenvalue weighted by Crippen LogP contribution is -2.05. The second-order valence-corrected chi connectivity index (χ2v) is 5.57. The highest BCUT2D eigenvalue weighted by Gasteiger charge is 2.13. The minimum Gasteiger partial charge on any atom is -0.508 e. The molecule has 0 aliphatic carbocycles. The van der Waals surface area contributed by atoms with Crippen molar-refractivity contribution in [3.05, 3.63) is 56.5 Å². The van der Waals surface area contributed by atoms with Crippen molar-refractivity contribution in [2.45, 2.75) is 0 Å². The van der Waals surface area contributed by atoms with E-state index in [0.717, 1.165) is 3.57 Å². The van der Waals surface area contributed by atoms with Crippen LogP contribution in [-0.2, 0) is 0 Å². The molecule has 0 spiro atoms. The maximum Gasteiger partial charge on any atom is 0.204 e. The third-order valence-electron chi connectivity index (χ3n) is 3.00. The molecule has 20 heavy (non-hydrogen) atoms. The van der Waals surface area contributed by atoms with Gasteiger partial charge in [-0.05, 0) is 52.4 Å². The molecule has 3 aromatic rings. The number of hydrogen-bond donors (Lipinski definition) is 2. The molecule has 0 radical (unpaired) electrons. The predicted molar refractivity (Wildman–Crippen MR) is 84.0 cm³/mol. The summed E-state index contributed by atoms with van der Waals surface area (Å²) in [5, 5.41) is 19.4. The van der Waals surface area contributed by atoms with E-state index in [0.29, 0.717) is 16.7 Å². The topological polar surface area (TPSA) is 70.7 Å². The van der Waals surface area contributed by atoms with Gasteiger partial charge in [0.1, 0.15) is 28.7 Å². The summed E-state index contributed by atoms with van der Waals surface area (Å²) < 4.78 is 6.23. The molecule has 0 amide bonds. The van der Waals surface area contributed by atoms with Gasteiger partial charge in [0.25, 0.3) is 0 Å². The van der Waals surface area contributed by atoms with Crippen molar-refractivity contribution in [2.75, 3.05) is 0 Å². The maximum atomic E-state index is 12.5. The average molecular weight is 380 g/mol. The minimum atomic E-state index is -0.300. The van der Waals surface area contributed by atoms with Gasteiger partial charge in [-0.2, -0.15) is 0 Å². The lowest BCUT2D eigenvalue weighted by Gasteiger charge is -2.05. The largest absolute Gasteiger partial charge is 0.508 e. The molecule has 0 bridgehead atoms. The van der Waals surface area contributed by atoms with Crippen LogP contribution in [0.25, 0.3) is 22.1 Å². The van der Waals surface area contributed by atoms with E-state index in [-0.39, 0.29) is 22.3 Å². The van der Waals surface area contributed by atoms with Gasteiger partial charge in [-0.15, -0.1) is 0 Å². The number of phenols is 2. The molecule has 4 nitrogen and oxygen atoms in total. The van der Waals surface area contributed by atoms with Crippen LogP contribution >= 0.6 is 22.6 Å². The first-order chi connectivity index (χ1) is 9.56. The van der Waals surface area contributed by atoms with Gasteiger partial charge < -0.3 is 14.6 Å². The van der Waals surface area contributed by atoms with Crippen LogP contribution in [0.3, 0.4) is 0 Å². The summed E-state index contributed by atoms with van der Waals surface area (Å²) in [4.78, 5) is 12.5. The van der Waals surface area contributed by atoms with Gasteiger partial charge in [-0.3, -0.25) is 4.79 Å². The second kappa shape index (κ2) is 4.82. The third kappa shape index (κ3) is 2.14. The summed E-state index contributed by atoms with van der Waals surface area (Å²) >= 11 is 2.04. The van der Waals surface area contributed by atoms with Crippen LogP contribution in [0.2, 0.25) is 0 Å². The number of fused-ring (bicyclic) bond motifs is 1. The number of aromatic hydroxyl groups is 2. The van der Waals surface area contributed by atoms with Crippen LogP contribution < -0.4 is 5.43 Å². The molecule has 2 N–H and O–H groups in total. The highest BCUT2D eigenvalue weighted by molar-refractivity contribution is 14.1. The Hall–Kier alpha value is -2.02. The number of halogens is 1. The standard InChI is InChI=1S/C15H9IO4/c16-9-5-12(18)14-13(6-9)20-7-11(15(14)19)8-1-3-10(17)4-2-8/h1-7,17-18H. The number of rotatable bonds is 1. The molecule has 100 valence electrons. The van der Waals surface area contributed by atoms with Crippen molar-refractivity contribution in [2.24, 2.45) is 0 Å². The highest BCUT2D eigenvalue weighted by Crippen LogP contribution is 2.28. The Kier molecular flexibility index (Phi) is 3.13. The molecule has 1 aromatic heterocycles. The summed E-state index contributed by atoms with van der Waals surface area (Å²) in [5.74, 6) is 0.0256. The maximum absolute atomic E-state index is 12.5. The van der Waals surface area contributed by atoms with E-state index < -0.39 is 0 Å². The smallest absolute Gasteiger partial charge is 0.204 e. The molecule has 0 saturated carbocycles. The van der Waals surface area contributed by atoms with Crippen molar-refractivity contribution < 1.29 is 14.6 Å². The normalized spacial score (nSPS) is 10.8. The Bertz CT molecular complexity index is 850. The van der Waals surface area contributed by atoms with Gasteiger partial charge in [0.15, 0.2) is 0 Å². The summed E-state index contributed by atoms with van der Waals surface area (Å²) in [6.07, 6.45) is 1.37. The van der Waals surface area contributed by atoms with Crippen molar-refractivity contribution in [3.8, 4) is 22.6 Å². The first kappa shape index (κ1) is 13.0. The van der Waals surface area contributed by atoms with Crippen LogP contribution in [-0.4, -0.2) is 10.2 Å². The molecule has 3 rings (SSSR count). The van der Waals surface area contributed by atoms with Crippen molar-refractivity contribution in [1.82, 2.24) is 0 Å². The van der Waals surface area contributed by atoms with Gasteiger partial charge >= 0.3 is 0 Å². The molecule has 5 heteroatoms. The van der Waals surface area contributed by atoms with Gasteiger partial charge in [0.2, 0.25) is 5.43 Å². The Morgan fingerprint density at radius 3 is 2.45 bits per heavy atom. The van der Waals surface area contributed by atoms with E-state index in [1.165, 1.54) is 24.5 Å². The van der Waals surface area contributed by atoms with E-state index >= 15 is 0 Å². The molecule has 0 aliphatic heterocycles. The quantitative estimate of drug-likeness (QED) is 0.635. The first-order valence-corrected chi connectivity index (χ1v) is 6.87. The summed E-state index contributed by atoms with van der Waals surface area (Å²) in [7, 11) is 0. The van der Waals surface area contributed by atoms with E-state index in [2.05, 4.69) is 0 Å². The summed E-state index contributed by atoms with van der Waals surface area (Å²) in [6.45, 7) is 0. The average Bonchev–Trinajstić information content (AvgIpc) is 2.39. The molecule has 0 unspecified atom stereocenters. The lowest BCUT2D eigenvalue weighted by atomic mass is 10.1. The zero-order valence-corrected chi connectivity index (χ0v) is 12.3.